The Balaban J connectivity index is 2.41. The maximum atomic E-state index is 9.63. The predicted octanol–water partition coefficient (Wildman–Crippen LogP) is 2.02. The number of H-pyrrole nitrogens is 1. The topological polar surface area (TPSA) is 48.0 Å². The van der Waals surface area contributed by atoms with E-state index in [1.54, 1.807) is 6.07 Å². The monoisotopic (exact) mass is 204 g/mol. The lowest BCUT2D eigenvalue weighted by Gasteiger charge is -2.08. The second kappa shape index (κ2) is 3.95. The molecule has 2 rings (SSSR count). The Hall–Kier alpha value is -1.48. The number of aromatic amines is 1. The number of aromatic hydroxyl groups is 1. The molecule has 0 bridgehead atoms. The molecule has 0 radical (unpaired) electrons. The third-order valence-electron chi connectivity index (χ3n) is 2.80. The number of likely N-dealkylation sites (N-methyl/N-ethyl adjacent to an activating group) is 1. The van der Waals surface area contributed by atoms with Crippen molar-refractivity contribution in [3.8, 4) is 5.75 Å². The van der Waals surface area contributed by atoms with Crippen LogP contribution >= 0.6 is 0 Å². The van der Waals surface area contributed by atoms with Gasteiger partial charge in [-0.3, -0.25) is 0 Å². The zero-order valence-corrected chi connectivity index (χ0v) is 9.04. The molecule has 0 aliphatic carbocycles. The molecule has 1 unspecified atom stereocenters. The number of hydrogen-bond acceptors (Lipinski definition) is 2. The molecule has 3 nitrogen and oxygen atoms in total. The molecule has 1 atom stereocenters. The van der Waals surface area contributed by atoms with Gasteiger partial charge in [-0.15, -0.1) is 0 Å². The lowest BCUT2D eigenvalue weighted by molar-refractivity contribution is 0.480. The predicted molar refractivity (Wildman–Crippen MR) is 62.2 cm³/mol. The standard InChI is InChI=1S/C12H16N2O/c1-8(13-2)6-9-7-14-12-10(9)4-3-5-11(12)15/h3-5,7-8,13-15H,6H2,1-2H3. The van der Waals surface area contributed by atoms with Gasteiger partial charge in [-0.25, -0.2) is 0 Å². The number of benzene rings is 1. The quantitative estimate of drug-likeness (QED) is 0.716. The van der Waals surface area contributed by atoms with E-state index >= 15 is 0 Å². The van der Waals surface area contributed by atoms with Crippen molar-refractivity contribution >= 4 is 10.9 Å². The fourth-order valence-electron chi connectivity index (χ4n) is 1.80. The highest BCUT2D eigenvalue weighted by molar-refractivity contribution is 5.88. The van der Waals surface area contributed by atoms with Crippen molar-refractivity contribution in [2.45, 2.75) is 19.4 Å². The van der Waals surface area contributed by atoms with Crippen LogP contribution < -0.4 is 5.32 Å². The van der Waals surface area contributed by atoms with Gasteiger partial charge in [0.1, 0.15) is 5.75 Å². The largest absolute Gasteiger partial charge is 0.506 e. The number of rotatable bonds is 3. The third-order valence-corrected chi connectivity index (χ3v) is 2.80. The fraction of sp³-hybridized carbons (Fsp3) is 0.333. The molecule has 3 N–H and O–H groups in total. The Morgan fingerprint density at radius 2 is 2.27 bits per heavy atom. The number of phenolic OH excluding ortho intramolecular Hbond substituents is 1. The number of para-hydroxylation sites is 1. The van der Waals surface area contributed by atoms with E-state index in [9.17, 15) is 5.11 Å². The molecular weight excluding hydrogens is 188 g/mol. The second-order valence-electron chi connectivity index (χ2n) is 3.91. The van der Waals surface area contributed by atoms with E-state index in [-0.39, 0.29) is 0 Å². The van der Waals surface area contributed by atoms with E-state index in [2.05, 4.69) is 17.2 Å². The van der Waals surface area contributed by atoms with Crippen LogP contribution in [0.1, 0.15) is 12.5 Å². The van der Waals surface area contributed by atoms with Crippen LogP contribution in [0.15, 0.2) is 24.4 Å². The highest BCUT2D eigenvalue weighted by atomic mass is 16.3. The molecule has 1 heterocycles. The van der Waals surface area contributed by atoms with Gasteiger partial charge in [0.05, 0.1) is 5.52 Å². The summed E-state index contributed by atoms with van der Waals surface area (Å²) in [6.07, 6.45) is 2.93. The Morgan fingerprint density at radius 3 is 3.00 bits per heavy atom. The molecule has 15 heavy (non-hydrogen) atoms. The Labute approximate surface area is 89.1 Å². The zero-order valence-electron chi connectivity index (χ0n) is 9.04. The van der Waals surface area contributed by atoms with Gasteiger partial charge in [0.25, 0.3) is 0 Å². The van der Waals surface area contributed by atoms with Crippen LogP contribution in [-0.4, -0.2) is 23.2 Å². The van der Waals surface area contributed by atoms with Gasteiger partial charge < -0.3 is 15.4 Å². The Morgan fingerprint density at radius 1 is 1.47 bits per heavy atom. The summed E-state index contributed by atoms with van der Waals surface area (Å²) in [4.78, 5) is 3.11. The summed E-state index contributed by atoms with van der Waals surface area (Å²) in [7, 11) is 1.96. The maximum absolute atomic E-state index is 9.63. The summed E-state index contributed by atoms with van der Waals surface area (Å²) >= 11 is 0. The van der Waals surface area contributed by atoms with E-state index in [1.807, 2.05) is 25.4 Å². The van der Waals surface area contributed by atoms with Crippen molar-refractivity contribution < 1.29 is 5.11 Å². The van der Waals surface area contributed by atoms with Crippen molar-refractivity contribution in [1.29, 1.82) is 0 Å². The van der Waals surface area contributed by atoms with Crippen molar-refractivity contribution in [2.75, 3.05) is 7.05 Å². The lowest BCUT2D eigenvalue weighted by atomic mass is 10.1. The van der Waals surface area contributed by atoms with Crippen LogP contribution in [0.4, 0.5) is 0 Å². The first-order valence-electron chi connectivity index (χ1n) is 5.17. The van der Waals surface area contributed by atoms with E-state index in [4.69, 9.17) is 0 Å². The van der Waals surface area contributed by atoms with Gasteiger partial charge >= 0.3 is 0 Å². The first-order valence-corrected chi connectivity index (χ1v) is 5.17. The average molecular weight is 204 g/mol. The minimum Gasteiger partial charge on any atom is -0.506 e. The molecule has 0 amide bonds. The van der Waals surface area contributed by atoms with Gasteiger partial charge in [-0.2, -0.15) is 0 Å². The van der Waals surface area contributed by atoms with Crippen LogP contribution in [0, 0.1) is 0 Å². The molecule has 0 saturated carbocycles. The van der Waals surface area contributed by atoms with Crippen molar-refractivity contribution in [3.05, 3.63) is 30.0 Å². The maximum Gasteiger partial charge on any atom is 0.139 e. The van der Waals surface area contributed by atoms with E-state index < -0.39 is 0 Å². The summed E-state index contributed by atoms with van der Waals surface area (Å²) in [5, 5.41) is 13.9. The van der Waals surface area contributed by atoms with Crippen molar-refractivity contribution in [2.24, 2.45) is 0 Å². The molecular formula is C12H16N2O. The van der Waals surface area contributed by atoms with Gasteiger partial charge in [-0.1, -0.05) is 12.1 Å². The summed E-state index contributed by atoms with van der Waals surface area (Å²) in [5.41, 5.74) is 2.07. The molecule has 3 heteroatoms. The molecule has 1 aromatic carbocycles. The van der Waals surface area contributed by atoms with Crippen LogP contribution in [0.5, 0.6) is 5.75 Å². The summed E-state index contributed by atoms with van der Waals surface area (Å²) in [6, 6.07) is 6.04. The number of phenols is 1. The molecule has 0 saturated heterocycles. The van der Waals surface area contributed by atoms with Crippen molar-refractivity contribution in [3.63, 3.8) is 0 Å². The number of nitrogens with one attached hydrogen (secondary N) is 2. The number of fused-ring (bicyclic) bond motifs is 1. The summed E-state index contributed by atoms with van der Waals surface area (Å²) in [5.74, 6) is 0.316. The summed E-state index contributed by atoms with van der Waals surface area (Å²) < 4.78 is 0. The molecule has 1 aromatic heterocycles. The normalized spacial score (nSPS) is 13.2. The first kappa shape index (κ1) is 10.1. The highest BCUT2D eigenvalue weighted by Crippen LogP contribution is 2.26. The van der Waals surface area contributed by atoms with Gasteiger partial charge in [0.2, 0.25) is 0 Å². The van der Waals surface area contributed by atoms with Crippen LogP contribution in [0.3, 0.4) is 0 Å². The average Bonchev–Trinajstić information content (AvgIpc) is 2.63. The van der Waals surface area contributed by atoms with Crippen molar-refractivity contribution in [1.82, 2.24) is 10.3 Å². The molecule has 0 aliphatic heterocycles. The number of hydrogen-bond donors (Lipinski definition) is 3. The zero-order chi connectivity index (χ0) is 10.8. The van der Waals surface area contributed by atoms with Crippen LogP contribution in [0.25, 0.3) is 10.9 Å². The van der Waals surface area contributed by atoms with E-state index in [1.165, 1.54) is 5.56 Å². The smallest absolute Gasteiger partial charge is 0.139 e. The van der Waals surface area contributed by atoms with Gasteiger partial charge in [0.15, 0.2) is 0 Å². The van der Waals surface area contributed by atoms with Crippen LogP contribution in [0.2, 0.25) is 0 Å². The third kappa shape index (κ3) is 1.83. The molecule has 0 spiro atoms. The Kier molecular flexibility index (Phi) is 2.64. The Bertz CT molecular complexity index is 462. The molecule has 0 fully saturated rings. The lowest BCUT2D eigenvalue weighted by Crippen LogP contribution is -2.23. The highest BCUT2D eigenvalue weighted by Gasteiger charge is 2.08. The summed E-state index contributed by atoms with van der Waals surface area (Å²) in [6.45, 7) is 2.14. The van der Waals surface area contributed by atoms with Crippen LogP contribution in [-0.2, 0) is 6.42 Å². The minimum absolute atomic E-state index is 0.316. The number of aromatic nitrogens is 1. The minimum atomic E-state index is 0.316. The van der Waals surface area contributed by atoms with E-state index in [0.29, 0.717) is 11.8 Å². The second-order valence-corrected chi connectivity index (χ2v) is 3.91. The molecule has 0 aliphatic rings. The van der Waals surface area contributed by atoms with Gasteiger partial charge in [0, 0.05) is 17.6 Å². The van der Waals surface area contributed by atoms with Gasteiger partial charge in [-0.05, 0) is 32.0 Å². The molecule has 2 aromatic rings. The van der Waals surface area contributed by atoms with E-state index in [0.717, 1.165) is 17.3 Å². The first-order chi connectivity index (χ1) is 7.22. The molecule has 80 valence electrons. The fourth-order valence-corrected chi connectivity index (χ4v) is 1.80. The SMILES string of the molecule is CNC(C)Cc1c[nH]c2c(O)cccc12.